The molecular formula is C19H32N2O6. The smallest absolute Gasteiger partial charge is 0.326 e. The van der Waals surface area contributed by atoms with E-state index in [1.54, 1.807) is 13.8 Å². The number of hydrogen-bond acceptors (Lipinski definition) is 5. The number of carboxylic acid groups (broad SMARTS) is 1. The normalized spacial score (nSPS) is 21.4. The highest BCUT2D eigenvalue weighted by Gasteiger charge is 2.49. The van der Waals surface area contributed by atoms with Gasteiger partial charge in [-0.1, -0.05) is 54.4 Å². The first kappa shape index (κ1) is 22.9. The Kier molecular flexibility index (Phi) is 8.24. The molecule has 0 bridgehead atoms. The average Bonchev–Trinajstić information content (AvgIpc) is 2.55. The van der Waals surface area contributed by atoms with Gasteiger partial charge in [-0.2, -0.15) is 0 Å². The fraction of sp³-hybridized carbons (Fsp3) is 0.789. The van der Waals surface area contributed by atoms with E-state index >= 15 is 0 Å². The fourth-order valence-electron chi connectivity index (χ4n) is 3.32. The molecule has 0 spiro atoms. The maximum atomic E-state index is 12.7. The van der Waals surface area contributed by atoms with E-state index in [0.717, 1.165) is 0 Å². The summed E-state index contributed by atoms with van der Waals surface area (Å²) in [6.07, 6.45) is 0.307. The van der Waals surface area contributed by atoms with Gasteiger partial charge in [-0.3, -0.25) is 14.4 Å². The first-order valence-electron chi connectivity index (χ1n) is 9.59. The van der Waals surface area contributed by atoms with E-state index in [-0.39, 0.29) is 17.8 Å². The van der Waals surface area contributed by atoms with Gasteiger partial charge in [0.25, 0.3) is 5.91 Å². The van der Waals surface area contributed by atoms with Gasteiger partial charge in [0.1, 0.15) is 18.0 Å². The van der Waals surface area contributed by atoms with E-state index in [0.29, 0.717) is 12.8 Å². The molecule has 4 atom stereocenters. The molecular weight excluding hydrogens is 352 g/mol. The molecule has 0 unspecified atom stereocenters. The van der Waals surface area contributed by atoms with Crippen LogP contribution in [0, 0.1) is 23.7 Å². The number of carbonyl (C=O) groups excluding carboxylic acids is 3. The summed E-state index contributed by atoms with van der Waals surface area (Å²) in [5.41, 5.74) is 0. The average molecular weight is 384 g/mol. The summed E-state index contributed by atoms with van der Waals surface area (Å²) in [6.45, 7) is 10.9. The molecule has 1 fully saturated rings. The van der Waals surface area contributed by atoms with Gasteiger partial charge in [0, 0.05) is 0 Å². The lowest BCUT2D eigenvalue weighted by molar-refractivity contribution is -0.193. The summed E-state index contributed by atoms with van der Waals surface area (Å²) in [6, 6.07) is -1.93. The maximum Gasteiger partial charge on any atom is 0.326 e. The Morgan fingerprint density at radius 2 is 1.59 bits per heavy atom. The molecule has 0 radical (unpaired) electrons. The Labute approximate surface area is 160 Å². The van der Waals surface area contributed by atoms with Crippen LogP contribution in [0.25, 0.3) is 0 Å². The zero-order chi connectivity index (χ0) is 20.9. The second-order valence-electron chi connectivity index (χ2n) is 7.76. The summed E-state index contributed by atoms with van der Waals surface area (Å²) in [4.78, 5) is 48.3. The molecule has 1 saturated heterocycles. The summed E-state index contributed by atoms with van der Waals surface area (Å²) in [7, 11) is 0. The third-order valence-corrected chi connectivity index (χ3v) is 5.15. The van der Waals surface area contributed by atoms with Crippen LogP contribution in [-0.2, 0) is 23.9 Å². The van der Waals surface area contributed by atoms with Gasteiger partial charge in [-0.15, -0.1) is 0 Å². The van der Waals surface area contributed by atoms with E-state index < -0.39 is 47.9 Å². The second-order valence-corrected chi connectivity index (χ2v) is 7.76. The Balaban J connectivity index is 2.85. The molecule has 1 heterocycles. The quantitative estimate of drug-likeness (QED) is 0.489. The van der Waals surface area contributed by atoms with Crippen molar-refractivity contribution in [3.05, 3.63) is 0 Å². The van der Waals surface area contributed by atoms with Gasteiger partial charge >= 0.3 is 11.9 Å². The van der Waals surface area contributed by atoms with Gasteiger partial charge in [0.2, 0.25) is 5.91 Å². The first-order chi connectivity index (χ1) is 12.5. The van der Waals surface area contributed by atoms with Crippen LogP contribution in [0.3, 0.4) is 0 Å². The molecule has 0 aromatic carbocycles. The lowest BCUT2D eigenvalue weighted by Gasteiger charge is -2.37. The molecule has 27 heavy (non-hydrogen) atoms. The minimum atomic E-state index is -1.10. The lowest BCUT2D eigenvalue weighted by atomic mass is 9.85. The van der Waals surface area contributed by atoms with E-state index in [4.69, 9.17) is 4.74 Å². The van der Waals surface area contributed by atoms with Crippen molar-refractivity contribution >= 4 is 23.8 Å². The van der Waals surface area contributed by atoms with Crippen molar-refractivity contribution in [3.63, 3.8) is 0 Å². The molecule has 8 nitrogen and oxygen atoms in total. The van der Waals surface area contributed by atoms with E-state index in [1.165, 1.54) is 0 Å². The van der Waals surface area contributed by atoms with Crippen LogP contribution in [-0.4, -0.2) is 47.0 Å². The number of rotatable bonds is 10. The number of amides is 2. The maximum absolute atomic E-state index is 12.7. The fourth-order valence-corrected chi connectivity index (χ4v) is 3.32. The Bertz CT molecular complexity index is 571. The Morgan fingerprint density at radius 3 is 1.96 bits per heavy atom. The summed E-state index contributed by atoms with van der Waals surface area (Å²) >= 11 is 0. The zero-order valence-electron chi connectivity index (χ0n) is 16.9. The Hall–Kier alpha value is -2.12. The molecule has 3 N–H and O–H groups in total. The minimum Gasteiger partial charge on any atom is -0.480 e. The molecule has 0 aromatic rings. The summed E-state index contributed by atoms with van der Waals surface area (Å²) in [5.74, 6) is -3.65. The summed E-state index contributed by atoms with van der Waals surface area (Å²) < 4.78 is 4.95. The van der Waals surface area contributed by atoms with Crippen LogP contribution in [0.1, 0.15) is 54.4 Å². The van der Waals surface area contributed by atoms with Crippen LogP contribution < -0.4 is 10.6 Å². The van der Waals surface area contributed by atoms with Crippen LogP contribution in [0.4, 0.5) is 0 Å². The highest BCUT2D eigenvalue weighted by atomic mass is 16.6. The van der Waals surface area contributed by atoms with Gasteiger partial charge in [-0.25, -0.2) is 4.79 Å². The molecule has 1 aliphatic heterocycles. The number of ether oxygens (including phenoxy) is 1. The van der Waals surface area contributed by atoms with Crippen molar-refractivity contribution in [2.24, 2.45) is 23.7 Å². The van der Waals surface area contributed by atoms with Crippen molar-refractivity contribution in [3.8, 4) is 0 Å². The Morgan fingerprint density at radius 1 is 1.04 bits per heavy atom. The molecule has 1 aliphatic rings. The minimum absolute atomic E-state index is 0.0559. The van der Waals surface area contributed by atoms with Gasteiger partial charge in [-0.05, 0) is 17.8 Å². The molecule has 0 aliphatic carbocycles. The topological polar surface area (TPSA) is 122 Å². The van der Waals surface area contributed by atoms with Crippen LogP contribution in [0.15, 0.2) is 0 Å². The molecule has 8 heteroatoms. The summed E-state index contributed by atoms with van der Waals surface area (Å²) in [5, 5.41) is 14.6. The van der Waals surface area contributed by atoms with Crippen LogP contribution in [0.2, 0.25) is 0 Å². The molecule has 2 amide bonds. The van der Waals surface area contributed by atoms with E-state index in [9.17, 15) is 24.3 Å². The molecule has 0 saturated carbocycles. The van der Waals surface area contributed by atoms with Crippen molar-refractivity contribution in [2.45, 2.75) is 72.6 Å². The predicted molar refractivity (Wildman–Crippen MR) is 98.6 cm³/mol. The van der Waals surface area contributed by atoms with Crippen molar-refractivity contribution in [2.75, 3.05) is 0 Å². The number of hydrogen-bond donors (Lipinski definition) is 3. The third-order valence-electron chi connectivity index (χ3n) is 5.15. The van der Waals surface area contributed by atoms with Crippen molar-refractivity contribution < 1.29 is 29.0 Å². The number of esters is 1. The first-order valence-corrected chi connectivity index (χ1v) is 9.59. The van der Waals surface area contributed by atoms with Crippen molar-refractivity contribution in [1.29, 1.82) is 0 Å². The monoisotopic (exact) mass is 384 g/mol. The standard InChI is InChI=1S/C19H32N2O6/c1-7-11(8-2)14(18(24)25)21-16(22)13(10(5)6)20-17(23)15-12(9(3)4)19(26)27-15/h9-15H,7-8H2,1-6H3,(H,20,23)(H,21,22)(H,24,25)/t12-,13-,14-,15+/m0/s1. The number of carboxylic acids is 1. The number of nitrogens with one attached hydrogen (secondary N) is 2. The second kappa shape index (κ2) is 9.71. The number of cyclic esters (lactones) is 1. The van der Waals surface area contributed by atoms with Crippen LogP contribution in [0.5, 0.6) is 0 Å². The molecule has 1 rings (SSSR count). The highest BCUT2D eigenvalue weighted by molar-refractivity contribution is 5.97. The SMILES string of the molecule is CCC(CC)[C@H](NC(=O)[C@@H](NC(=O)[C@@H]1OC(=O)[C@H]1C(C)C)C(C)C)C(=O)O. The number of carbonyl (C=O) groups is 4. The van der Waals surface area contributed by atoms with E-state index in [2.05, 4.69) is 10.6 Å². The predicted octanol–water partition coefficient (Wildman–Crippen LogP) is 1.33. The lowest BCUT2D eigenvalue weighted by Crippen LogP contribution is -2.61. The van der Waals surface area contributed by atoms with E-state index in [1.807, 2.05) is 27.7 Å². The zero-order valence-corrected chi connectivity index (χ0v) is 16.9. The largest absolute Gasteiger partial charge is 0.480 e. The number of aliphatic carboxylic acids is 1. The van der Waals surface area contributed by atoms with Gasteiger partial charge in [0.05, 0.1) is 0 Å². The van der Waals surface area contributed by atoms with Crippen LogP contribution >= 0.6 is 0 Å². The molecule has 154 valence electrons. The van der Waals surface area contributed by atoms with Gasteiger partial charge in [0.15, 0.2) is 6.10 Å². The highest BCUT2D eigenvalue weighted by Crippen LogP contribution is 2.29. The molecule has 0 aromatic heterocycles. The third kappa shape index (κ3) is 5.43. The van der Waals surface area contributed by atoms with Crippen molar-refractivity contribution in [1.82, 2.24) is 10.6 Å². The van der Waals surface area contributed by atoms with Gasteiger partial charge < -0.3 is 20.5 Å².